The van der Waals surface area contributed by atoms with E-state index in [1.54, 1.807) is 0 Å². The number of likely N-dealkylation sites (tertiary alicyclic amines) is 1. The molecule has 0 radical (unpaired) electrons. The van der Waals surface area contributed by atoms with Gasteiger partial charge in [0, 0.05) is 56.9 Å². The Kier molecular flexibility index (Phi) is 7.17. The Hall–Kier alpha value is -0.850. The van der Waals surface area contributed by atoms with E-state index in [1.165, 1.54) is 12.8 Å². The van der Waals surface area contributed by atoms with Gasteiger partial charge < -0.3 is 15.0 Å². The third kappa shape index (κ3) is 6.56. The van der Waals surface area contributed by atoms with E-state index in [2.05, 4.69) is 36.0 Å². The van der Waals surface area contributed by atoms with Crippen LogP contribution in [0.25, 0.3) is 0 Å². The smallest absolute Gasteiger partial charge is 0.410 e. The van der Waals surface area contributed by atoms with E-state index in [0.717, 1.165) is 64.4 Å². The summed E-state index contributed by atoms with van der Waals surface area (Å²) < 4.78 is 5.65. The molecule has 0 aromatic heterocycles. The lowest BCUT2D eigenvalue weighted by Gasteiger charge is -2.45. The predicted octanol–water partition coefficient (Wildman–Crippen LogP) is 3.17. The summed E-state index contributed by atoms with van der Waals surface area (Å²) in [5.74, 6) is 0.792. The highest BCUT2D eigenvalue weighted by Crippen LogP contribution is 2.36. The number of carbonyl (C=O) groups is 1. The molecule has 0 unspecified atom stereocenters. The standard InChI is InChI=1S/C23H44N4O2/c1-22(2,3)29-21(28)27-12-7-8-19(27)16-20(18-9-10-18)24-11-13-26-15-14-25(6)23(4,5)17-26/h18-20,24H,7-17H2,1-6H3/t19-,20+/m1/s1. The lowest BCUT2D eigenvalue weighted by Crippen LogP contribution is -2.58. The number of hydrogen-bond donors (Lipinski definition) is 1. The van der Waals surface area contributed by atoms with Gasteiger partial charge in [0.25, 0.3) is 0 Å². The Morgan fingerprint density at radius 3 is 2.52 bits per heavy atom. The minimum atomic E-state index is -0.422. The molecule has 0 spiro atoms. The van der Waals surface area contributed by atoms with Crippen LogP contribution in [-0.4, -0.2) is 90.3 Å². The topological polar surface area (TPSA) is 48.0 Å². The van der Waals surface area contributed by atoms with Crippen molar-refractivity contribution in [1.29, 1.82) is 0 Å². The fourth-order valence-electron chi connectivity index (χ4n) is 4.82. The monoisotopic (exact) mass is 408 g/mol. The van der Waals surface area contributed by atoms with Gasteiger partial charge in [-0.05, 0) is 79.7 Å². The van der Waals surface area contributed by atoms with Crippen molar-refractivity contribution in [2.75, 3.05) is 46.3 Å². The zero-order valence-corrected chi connectivity index (χ0v) is 19.7. The average Bonchev–Trinajstić information content (AvgIpc) is 3.34. The van der Waals surface area contributed by atoms with Gasteiger partial charge in [-0.2, -0.15) is 0 Å². The third-order valence-corrected chi connectivity index (χ3v) is 6.95. The normalized spacial score (nSPS) is 27.2. The zero-order valence-electron chi connectivity index (χ0n) is 19.7. The first-order valence-corrected chi connectivity index (χ1v) is 11.7. The molecule has 3 fully saturated rings. The van der Waals surface area contributed by atoms with Gasteiger partial charge >= 0.3 is 6.09 Å². The van der Waals surface area contributed by atoms with E-state index in [-0.39, 0.29) is 11.6 Å². The maximum atomic E-state index is 12.6. The molecule has 6 nitrogen and oxygen atoms in total. The van der Waals surface area contributed by atoms with Gasteiger partial charge in [0.2, 0.25) is 0 Å². The van der Waals surface area contributed by atoms with Gasteiger partial charge in [-0.15, -0.1) is 0 Å². The second kappa shape index (κ2) is 9.11. The summed E-state index contributed by atoms with van der Waals surface area (Å²) in [5.41, 5.74) is -0.166. The molecule has 2 heterocycles. The van der Waals surface area contributed by atoms with Gasteiger partial charge in [0.15, 0.2) is 0 Å². The largest absolute Gasteiger partial charge is 0.444 e. The number of likely N-dealkylation sites (N-methyl/N-ethyl adjacent to an activating group) is 1. The molecule has 6 heteroatoms. The van der Waals surface area contributed by atoms with Crippen molar-refractivity contribution in [1.82, 2.24) is 20.0 Å². The first-order valence-electron chi connectivity index (χ1n) is 11.7. The van der Waals surface area contributed by atoms with E-state index < -0.39 is 5.60 Å². The molecule has 1 saturated carbocycles. The minimum Gasteiger partial charge on any atom is -0.444 e. The number of piperazine rings is 1. The van der Waals surface area contributed by atoms with Crippen LogP contribution >= 0.6 is 0 Å². The zero-order chi connectivity index (χ0) is 21.2. The van der Waals surface area contributed by atoms with Crippen LogP contribution in [0.15, 0.2) is 0 Å². The van der Waals surface area contributed by atoms with Crippen LogP contribution in [0.3, 0.4) is 0 Å². The fourth-order valence-corrected chi connectivity index (χ4v) is 4.82. The Labute approximate surface area is 178 Å². The van der Waals surface area contributed by atoms with E-state index >= 15 is 0 Å². The van der Waals surface area contributed by atoms with Gasteiger partial charge in [-0.1, -0.05) is 0 Å². The second-order valence-corrected chi connectivity index (χ2v) is 11.1. The molecule has 3 aliphatic rings. The van der Waals surface area contributed by atoms with Gasteiger partial charge in [0.05, 0.1) is 0 Å². The molecule has 2 saturated heterocycles. The van der Waals surface area contributed by atoms with E-state index in [9.17, 15) is 4.79 Å². The van der Waals surface area contributed by atoms with Crippen molar-refractivity contribution in [2.24, 2.45) is 5.92 Å². The second-order valence-electron chi connectivity index (χ2n) is 11.1. The fraction of sp³-hybridized carbons (Fsp3) is 0.957. The van der Waals surface area contributed by atoms with Crippen molar-refractivity contribution in [2.45, 2.75) is 89.9 Å². The predicted molar refractivity (Wildman–Crippen MR) is 118 cm³/mol. The van der Waals surface area contributed by atoms with Crippen LogP contribution < -0.4 is 5.32 Å². The minimum absolute atomic E-state index is 0.130. The summed E-state index contributed by atoms with van der Waals surface area (Å²) in [7, 11) is 2.23. The number of nitrogens with one attached hydrogen (secondary N) is 1. The number of ether oxygens (including phenoxy) is 1. The Morgan fingerprint density at radius 2 is 1.90 bits per heavy atom. The van der Waals surface area contributed by atoms with Crippen LogP contribution in [0, 0.1) is 5.92 Å². The molecule has 3 rings (SSSR count). The first-order chi connectivity index (χ1) is 13.5. The van der Waals surface area contributed by atoms with Crippen molar-refractivity contribution in [3.8, 4) is 0 Å². The van der Waals surface area contributed by atoms with Gasteiger partial charge in [-0.25, -0.2) is 4.79 Å². The summed E-state index contributed by atoms with van der Waals surface area (Å²) in [5, 5.41) is 3.87. The molecule has 0 aromatic carbocycles. The molecule has 0 bridgehead atoms. The summed E-state index contributed by atoms with van der Waals surface area (Å²) in [4.78, 5) is 19.7. The highest BCUT2D eigenvalue weighted by Gasteiger charge is 2.38. The van der Waals surface area contributed by atoms with Crippen molar-refractivity contribution < 1.29 is 9.53 Å². The molecule has 1 amide bonds. The number of nitrogens with zero attached hydrogens (tertiary/aromatic N) is 3. The molecule has 168 valence electrons. The molecule has 1 aliphatic carbocycles. The summed E-state index contributed by atoms with van der Waals surface area (Å²) >= 11 is 0. The number of amides is 1. The lowest BCUT2D eigenvalue weighted by molar-refractivity contribution is 0.0210. The molecular formula is C23H44N4O2. The van der Waals surface area contributed by atoms with Crippen LogP contribution in [0.5, 0.6) is 0 Å². The number of rotatable bonds is 7. The Morgan fingerprint density at radius 1 is 1.17 bits per heavy atom. The third-order valence-electron chi connectivity index (χ3n) is 6.95. The molecule has 2 atom stereocenters. The van der Waals surface area contributed by atoms with Crippen LogP contribution in [-0.2, 0) is 4.74 Å². The number of carbonyl (C=O) groups excluding carboxylic acids is 1. The van der Waals surface area contributed by atoms with Crippen molar-refractivity contribution >= 4 is 6.09 Å². The van der Waals surface area contributed by atoms with Crippen LogP contribution in [0.2, 0.25) is 0 Å². The maximum Gasteiger partial charge on any atom is 0.410 e. The Balaban J connectivity index is 1.47. The van der Waals surface area contributed by atoms with Crippen molar-refractivity contribution in [3.63, 3.8) is 0 Å². The molecular weight excluding hydrogens is 364 g/mol. The molecule has 29 heavy (non-hydrogen) atoms. The molecule has 1 N–H and O–H groups in total. The highest BCUT2D eigenvalue weighted by atomic mass is 16.6. The summed E-state index contributed by atoms with van der Waals surface area (Å²) in [6, 6.07) is 0.856. The first kappa shape index (κ1) is 22.8. The van der Waals surface area contributed by atoms with Gasteiger partial charge in [0.1, 0.15) is 5.60 Å². The van der Waals surface area contributed by atoms with E-state index in [1.807, 2.05) is 25.7 Å². The number of hydrogen-bond acceptors (Lipinski definition) is 5. The van der Waals surface area contributed by atoms with Crippen molar-refractivity contribution in [3.05, 3.63) is 0 Å². The summed E-state index contributed by atoms with van der Waals surface area (Å²) in [6.07, 6.45) is 5.80. The van der Waals surface area contributed by atoms with E-state index in [0.29, 0.717) is 12.1 Å². The maximum absolute atomic E-state index is 12.6. The SMILES string of the molecule is CN1CCN(CCN[C@@H](C[C@H]2CCCN2C(=O)OC(C)(C)C)C2CC2)CC1(C)C. The summed E-state index contributed by atoms with van der Waals surface area (Å²) in [6.45, 7) is 17.0. The quantitative estimate of drug-likeness (QED) is 0.701. The molecule has 2 aliphatic heterocycles. The van der Waals surface area contributed by atoms with Crippen LogP contribution in [0.4, 0.5) is 4.79 Å². The highest BCUT2D eigenvalue weighted by molar-refractivity contribution is 5.68. The van der Waals surface area contributed by atoms with E-state index in [4.69, 9.17) is 4.74 Å². The van der Waals surface area contributed by atoms with Crippen LogP contribution in [0.1, 0.15) is 66.7 Å². The molecule has 0 aromatic rings. The van der Waals surface area contributed by atoms with Gasteiger partial charge in [-0.3, -0.25) is 9.80 Å². The average molecular weight is 409 g/mol. The lowest BCUT2D eigenvalue weighted by atomic mass is 9.99. The Bertz CT molecular complexity index is 556.